The van der Waals surface area contributed by atoms with Gasteiger partial charge in [0.05, 0.1) is 18.5 Å². The van der Waals surface area contributed by atoms with Crippen LogP contribution in [0.2, 0.25) is 0 Å². The average Bonchev–Trinajstić information content (AvgIpc) is 3.15. The number of rotatable bonds is 6. The van der Waals surface area contributed by atoms with Crippen molar-refractivity contribution in [3.63, 3.8) is 0 Å². The Hall–Kier alpha value is -2.99. The lowest BCUT2D eigenvalue weighted by molar-refractivity contribution is -0.116. The molecule has 1 aromatic carbocycles. The highest BCUT2D eigenvalue weighted by atomic mass is 32.1. The molecule has 1 amide bonds. The summed E-state index contributed by atoms with van der Waals surface area (Å²) in [5, 5.41) is 4.52. The predicted molar refractivity (Wildman–Crippen MR) is 102 cm³/mol. The van der Waals surface area contributed by atoms with E-state index in [1.807, 2.05) is 42.5 Å². The normalized spacial score (nSPS) is 10.3. The number of aryl methyl sites for hydroxylation is 1. The van der Waals surface area contributed by atoms with Gasteiger partial charge in [-0.1, -0.05) is 30.3 Å². The summed E-state index contributed by atoms with van der Waals surface area (Å²) in [4.78, 5) is 28.5. The molecule has 0 bridgehead atoms. The van der Waals surface area contributed by atoms with Gasteiger partial charge in [0.15, 0.2) is 0 Å². The van der Waals surface area contributed by atoms with Crippen LogP contribution in [0.25, 0.3) is 11.3 Å². The molecule has 132 valence electrons. The highest BCUT2D eigenvalue weighted by Gasteiger charge is 2.15. The summed E-state index contributed by atoms with van der Waals surface area (Å²) in [7, 11) is 1.32. The SMILES string of the molecule is COC(=O)c1sccc1NC(=O)CCc1ccc(-c2ccccn2)cc1. The van der Waals surface area contributed by atoms with Crippen LogP contribution in [0.3, 0.4) is 0 Å². The number of carbonyl (C=O) groups excluding carboxylic acids is 2. The number of aromatic nitrogens is 1. The van der Waals surface area contributed by atoms with Gasteiger partial charge < -0.3 is 10.1 Å². The minimum Gasteiger partial charge on any atom is -0.465 e. The van der Waals surface area contributed by atoms with E-state index in [4.69, 9.17) is 4.74 Å². The number of nitrogens with one attached hydrogen (secondary N) is 1. The molecule has 0 fully saturated rings. The van der Waals surface area contributed by atoms with Gasteiger partial charge in [-0.15, -0.1) is 11.3 Å². The molecular weight excluding hydrogens is 348 g/mol. The van der Waals surface area contributed by atoms with Crippen molar-refractivity contribution in [3.05, 3.63) is 70.5 Å². The van der Waals surface area contributed by atoms with Gasteiger partial charge in [0.25, 0.3) is 0 Å². The van der Waals surface area contributed by atoms with Crippen LogP contribution in [-0.2, 0) is 16.0 Å². The second kappa shape index (κ2) is 8.40. The Kier molecular flexibility index (Phi) is 5.76. The number of thiophene rings is 1. The number of hydrogen-bond acceptors (Lipinski definition) is 5. The lowest BCUT2D eigenvalue weighted by Gasteiger charge is -2.06. The van der Waals surface area contributed by atoms with E-state index in [9.17, 15) is 9.59 Å². The maximum atomic E-state index is 12.2. The van der Waals surface area contributed by atoms with E-state index in [2.05, 4.69) is 10.3 Å². The highest BCUT2D eigenvalue weighted by molar-refractivity contribution is 7.12. The van der Waals surface area contributed by atoms with Crippen molar-refractivity contribution in [1.29, 1.82) is 0 Å². The van der Waals surface area contributed by atoms with E-state index in [1.54, 1.807) is 17.6 Å². The number of nitrogens with zero attached hydrogens (tertiary/aromatic N) is 1. The Bertz CT molecular complexity index is 889. The molecule has 2 heterocycles. The summed E-state index contributed by atoms with van der Waals surface area (Å²) < 4.78 is 4.71. The van der Waals surface area contributed by atoms with Gasteiger partial charge >= 0.3 is 5.97 Å². The third-order valence-corrected chi connectivity index (χ3v) is 4.76. The van der Waals surface area contributed by atoms with Gasteiger partial charge in [0.2, 0.25) is 5.91 Å². The minimum atomic E-state index is -0.444. The fraction of sp³-hybridized carbons (Fsp3) is 0.150. The maximum Gasteiger partial charge on any atom is 0.350 e. The van der Waals surface area contributed by atoms with Crippen molar-refractivity contribution in [2.24, 2.45) is 0 Å². The van der Waals surface area contributed by atoms with Gasteiger partial charge in [-0.2, -0.15) is 0 Å². The number of amides is 1. The quantitative estimate of drug-likeness (QED) is 0.665. The topological polar surface area (TPSA) is 68.3 Å². The minimum absolute atomic E-state index is 0.137. The first-order valence-electron chi connectivity index (χ1n) is 8.13. The molecule has 0 aliphatic rings. The first kappa shape index (κ1) is 17.8. The fourth-order valence-corrected chi connectivity index (χ4v) is 3.27. The molecule has 0 saturated heterocycles. The first-order valence-corrected chi connectivity index (χ1v) is 9.01. The Morgan fingerprint density at radius 2 is 1.92 bits per heavy atom. The Labute approximate surface area is 155 Å². The Morgan fingerprint density at radius 1 is 1.12 bits per heavy atom. The summed E-state index contributed by atoms with van der Waals surface area (Å²) in [6, 6.07) is 15.5. The molecule has 26 heavy (non-hydrogen) atoms. The smallest absolute Gasteiger partial charge is 0.350 e. The monoisotopic (exact) mass is 366 g/mol. The average molecular weight is 366 g/mol. The van der Waals surface area contributed by atoms with E-state index in [0.717, 1.165) is 16.8 Å². The molecule has 0 radical (unpaired) electrons. The summed E-state index contributed by atoms with van der Waals surface area (Å²) in [5.74, 6) is -0.581. The van der Waals surface area contributed by atoms with Gasteiger partial charge in [-0.05, 0) is 35.6 Å². The largest absolute Gasteiger partial charge is 0.465 e. The molecule has 0 unspecified atom stereocenters. The number of pyridine rings is 1. The maximum absolute atomic E-state index is 12.2. The zero-order chi connectivity index (χ0) is 18.4. The molecule has 2 aromatic heterocycles. The first-order chi connectivity index (χ1) is 12.7. The summed E-state index contributed by atoms with van der Waals surface area (Å²) >= 11 is 1.24. The van der Waals surface area contributed by atoms with E-state index in [1.165, 1.54) is 18.4 Å². The molecule has 6 heteroatoms. The van der Waals surface area contributed by atoms with Crippen molar-refractivity contribution in [1.82, 2.24) is 4.98 Å². The molecule has 0 saturated carbocycles. The molecular formula is C20H18N2O3S. The summed E-state index contributed by atoms with van der Waals surface area (Å²) in [6.45, 7) is 0. The van der Waals surface area contributed by atoms with Crippen LogP contribution in [0.4, 0.5) is 5.69 Å². The molecule has 0 aliphatic carbocycles. The second-order valence-corrected chi connectivity index (χ2v) is 6.53. The fourth-order valence-electron chi connectivity index (χ4n) is 2.50. The van der Waals surface area contributed by atoms with Gasteiger partial charge in [-0.3, -0.25) is 9.78 Å². The van der Waals surface area contributed by atoms with E-state index in [0.29, 0.717) is 23.4 Å². The van der Waals surface area contributed by atoms with Crippen molar-refractivity contribution in [2.75, 3.05) is 12.4 Å². The molecule has 0 atom stereocenters. The standard InChI is InChI=1S/C20H18N2O3S/c1-25-20(24)19-17(11-13-26-19)22-18(23)10-7-14-5-8-15(9-6-14)16-4-2-3-12-21-16/h2-6,8-9,11-13H,7,10H2,1H3,(H,22,23). The highest BCUT2D eigenvalue weighted by Crippen LogP contribution is 2.23. The van der Waals surface area contributed by atoms with Gasteiger partial charge in [0, 0.05) is 18.2 Å². The van der Waals surface area contributed by atoms with Crippen molar-refractivity contribution in [3.8, 4) is 11.3 Å². The van der Waals surface area contributed by atoms with E-state index >= 15 is 0 Å². The van der Waals surface area contributed by atoms with Crippen LogP contribution < -0.4 is 5.32 Å². The third-order valence-electron chi connectivity index (χ3n) is 3.87. The van der Waals surface area contributed by atoms with Crippen LogP contribution in [-0.4, -0.2) is 24.0 Å². The number of esters is 1. The zero-order valence-corrected chi connectivity index (χ0v) is 15.1. The number of hydrogen-bond donors (Lipinski definition) is 1. The number of carbonyl (C=O) groups is 2. The summed E-state index contributed by atoms with van der Waals surface area (Å²) in [5.41, 5.74) is 3.53. The lowest BCUT2D eigenvalue weighted by Crippen LogP contribution is -2.14. The Balaban J connectivity index is 1.57. The number of benzene rings is 1. The van der Waals surface area contributed by atoms with Crippen LogP contribution in [0.1, 0.15) is 21.7 Å². The molecule has 0 aliphatic heterocycles. The van der Waals surface area contributed by atoms with Crippen LogP contribution >= 0.6 is 11.3 Å². The number of anilines is 1. The van der Waals surface area contributed by atoms with Crippen molar-refractivity contribution in [2.45, 2.75) is 12.8 Å². The molecule has 3 aromatic rings. The van der Waals surface area contributed by atoms with Gasteiger partial charge in [-0.25, -0.2) is 4.79 Å². The van der Waals surface area contributed by atoms with Crippen LogP contribution in [0.5, 0.6) is 0 Å². The molecule has 1 N–H and O–H groups in total. The van der Waals surface area contributed by atoms with E-state index < -0.39 is 5.97 Å². The van der Waals surface area contributed by atoms with E-state index in [-0.39, 0.29) is 5.91 Å². The predicted octanol–water partition coefficient (Wildman–Crippen LogP) is 4.17. The Morgan fingerprint density at radius 3 is 2.62 bits per heavy atom. The third kappa shape index (κ3) is 4.34. The summed E-state index contributed by atoms with van der Waals surface area (Å²) in [6.07, 6.45) is 2.71. The second-order valence-electron chi connectivity index (χ2n) is 5.62. The molecule has 0 spiro atoms. The van der Waals surface area contributed by atoms with Crippen molar-refractivity contribution < 1.29 is 14.3 Å². The van der Waals surface area contributed by atoms with Gasteiger partial charge in [0.1, 0.15) is 4.88 Å². The zero-order valence-electron chi connectivity index (χ0n) is 14.3. The number of ether oxygens (including phenoxy) is 1. The lowest BCUT2D eigenvalue weighted by atomic mass is 10.1. The van der Waals surface area contributed by atoms with Crippen LogP contribution in [0, 0.1) is 0 Å². The van der Waals surface area contributed by atoms with Crippen LogP contribution in [0.15, 0.2) is 60.1 Å². The molecule has 3 rings (SSSR count). The number of methoxy groups -OCH3 is 1. The molecule has 5 nitrogen and oxygen atoms in total. The van der Waals surface area contributed by atoms with Crippen molar-refractivity contribution >= 4 is 28.9 Å².